The number of carboxylic acids is 1. The van der Waals surface area contributed by atoms with Crippen LogP contribution < -0.4 is 5.73 Å². The Hall–Kier alpha value is -0.710. The Morgan fingerprint density at radius 3 is 2.00 bits per heavy atom. The molecule has 0 saturated heterocycles. The molecule has 0 radical (unpaired) electrons. The fourth-order valence-corrected chi connectivity index (χ4v) is 0.568. The summed E-state index contributed by atoms with van der Waals surface area (Å²) >= 11 is 1.55. The fraction of sp³-hybridized carbons (Fsp3) is 0.667. The van der Waals surface area contributed by atoms with Crippen LogP contribution in [0.1, 0.15) is 13.3 Å². The van der Waals surface area contributed by atoms with Crippen molar-refractivity contribution in [3.05, 3.63) is 0 Å². The van der Waals surface area contributed by atoms with E-state index in [1.165, 1.54) is 6.92 Å². The quantitative estimate of drug-likeness (QED) is 0.653. The van der Waals surface area contributed by atoms with E-state index < -0.39 is 5.97 Å². The van der Waals surface area contributed by atoms with E-state index in [1.807, 2.05) is 6.26 Å². The van der Waals surface area contributed by atoms with Crippen LogP contribution in [0.25, 0.3) is 0 Å². The molecule has 0 aliphatic carbocycles. The van der Waals surface area contributed by atoms with Crippen LogP contribution in [-0.2, 0) is 9.59 Å². The monoisotopic (exact) mass is 179 g/mol. The van der Waals surface area contributed by atoms with Gasteiger partial charge in [-0.25, -0.2) is 0 Å². The van der Waals surface area contributed by atoms with Gasteiger partial charge in [-0.1, -0.05) is 0 Å². The molecule has 0 aromatic heterocycles. The number of thioether (sulfide) groups is 1. The van der Waals surface area contributed by atoms with Gasteiger partial charge in [-0.15, -0.1) is 0 Å². The SMILES string of the molecule is CC(N)=O.CSCCC(=O)O. The van der Waals surface area contributed by atoms with Crippen molar-refractivity contribution in [2.45, 2.75) is 13.3 Å². The van der Waals surface area contributed by atoms with E-state index in [4.69, 9.17) is 5.11 Å². The molecule has 0 aliphatic rings. The van der Waals surface area contributed by atoms with Crippen molar-refractivity contribution in [3.63, 3.8) is 0 Å². The highest BCUT2D eigenvalue weighted by atomic mass is 32.2. The highest BCUT2D eigenvalue weighted by Gasteiger charge is 1.91. The van der Waals surface area contributed by atoms with Crippen LogP contribution in [0, 0.1) is 0 Å². The van der Waals surface area contributed by atoms with Crippen molar-refractivity contribution in [3.8, 4) is 0 Å². The third-order valence-corrected chi connectivity index (χ3v) is 1.13. The molecule has 0 aromatic rings. The normalized spacial score (nSPS) is 7.82. The molecular weight excluding hydrogens is 166 g/mol. The highest BCUT2D eigenvalue weighted by Crippen LogP contribution is 1.93. The number of nitrogens with two attached hydrogens (primary N) is 1. The molecule has 0 fully saturated rings. The average Bonchev–Trinajstić information content (AvgIpc) is 1.82. The molecule has 0 bridgehead atoms. The number of aliphatic carboxylic acids is 1. The van der Waals surface area contributed by atoms with Crippen LogP contribution in [0.15, 0.2) is 0 Å². The Morgan fingerprint density at radius 1 is 1.55 bits per heavy atom. The first-order valence-electron chi connectivity index (χ1n) is 2.97. The minimum atomic E-state index is -0.714. The average molecular weight is 179 g/mol. The molecule has 0 heterocycles. The van der Waals surface area contributed by atoms with Gasteiger partial charge in [-0.3, -0.25) is 9.59 Å². The van der Waals surface area contributed by atoms with Crippen molar-refractivity contribution in [1.29, 1.82) is 0 Å². The van der Waals surface area contributed by atoms with E-state index in [0.717, 1.165) is 5.75 Å². The minimum absolute atomic E-state index is 0.279. The third kappa shape index (κ3) is 45.6. The molecule has 3 N–H and O–H groups in total. The maximum Gasteiger partial charge on any atom is 0.304 e. The summed E-state index contributed by atoms with van der Waals surface area (Å²) in [7, 11) is 0. The molecule has 0 aliphatic heterocycles. The number of hydrogen-bond acceptors (Lipinski definition) is 3. The number of carbonyl (C=O) groups is 2. The molecule has 11 heavy (non-hydrogen) atoms. The lowest BCUT2D eigenvalue weighted by Gasteiger charge is -1.85. The summed E-state index contributed by atoms with van der Waals surface area (Å²) in [6, 6.07) is 0. The lowest BCUT2D eigenvalue weighted by Crippen LogP contribution is -2.01. The zero-order valence-electron chi connectivity index (χ0n) is 6.66. The number of primary amides is 1. The van der Waals surface area contributed by atoms with Gasteiger partial charge in [0.2, 0.25) is 5.91 Å². The van der Waals surface area contributed by atoms with Crippen LogP contribution >= 0.6 is 11.8 Å². The van der Waals surface area contributed by atoms with Gasteiger partial charge in [-0.2, -0.15) is 11.8 Å². The van der Waals surface area contributed by atoms with Gasteiger partial charge in [0.05, 0.1) is 6.42 Å². The Balaban J connectivity index is 0. The second-order valence-corrected chi connectivity index (χ2v) is 2.73. The number of amides is 1. The molecule has 0 rings (SSSR count). The number of carbonyl (C=O) groups excluding carboxylic acids is 1. The smallest absolute Gasteiger partial charge is 0.304 e. The maximum absolute atomic E-state index is 9.74. The minimum Gasteiger partial charge on any atom is -0.481 e. The topological polar surface area (TPSA) is 80.4 Å². The van der Waals surface area contributed by atoms with Gasteiger partial charge in [0, 0.05) is 12.7 Å². The standard InChI is InChI=1S/C4H8O2S.C2H5NO/c1-7-3-2-4(5)6;1-2(3)4/h2-3H2,1H3,(H,5,6);1H3,(H2,3,4). The number of rotatable bonds is 3. The second-order valence-electron chi connectivity index (χ2n) is 1.75. The molecule has 5 heteroatoms. The molecule has 0 unspecified atom stereocenters. The van der Waals surface area contributed by atoms with Crippen LogP contribution in [-0.4, -0.2) is 29.0 Å². The summed E-state index contributed by atoms with van der Waals surface area (Å²) in [5.74, 6) is -0.329. The van der Waals surface area contributed by atoms with Gasteiger partial charge in [0.1, 0.15) is 0 Å². The Labute approximate surface area is 70.2 Å². The zero-order valence-corrected chi connectivity index (χ0v) is 7.48. The maximum atomic E-state index is 9.74. The summed E-state index contributed by atoms with van der Waals surface area (Å²) in [4.78, 5) is 19.0. The summed E-state index contributed by atoms with van der Waals surface area (Å²) in [6.07, 6.45) is 2.17. The van der Waals surface area contributed by atoms with Crippen LogP contribution in [0.3, 0.4) is 0 Å². The number of carboxylic acid groups (broad SMARTS) is 1. The van der Waals surface area contributed by atoms with E-state index in [9.17, 15) is 9.59 Å². The first-order chi connectivity index (χ1) is 5.00. The Bertz CT molecular complexity index is 123. The molecule has 4 nitrogen and oxygen atoms in total. The first kappa shape index (κ1) is 12.9. The predicted molar refractivity (Wildman–Crippen MR) is 45.5 cm³/mol. The van der Waals surface area contributed by atoms with E-state index in [2.05, 4.69) is 5.73 Å². The number of hydrogen-bond donors (Lipinski definition) is 2. The van der Waals surface area contributed by atoms with Crippen molar-refractivity contribution < 1.29 is 14.7 Å². The van der Waals surface area contributed by atoms with Crippen LogP contribution in [0.2, 0.25) is 0 Å². The van der Waals surface area contributed by atoms with E-state index in [-0.39, 0.29) is 12.3 Å². The summed E-state index contributed by atoms with van der Waals surface area (Å²) in [5, 5.41) is 8.03. The molecule has 0 saturated carbocycles. The Morgan fingerprint density at radius 2 is 1.91 bits per heavy atom. The highest BCUT2D eigenvalue weighted by molar-refractivity contribution is 7.98. The molecule has 0 atom stereocenters. The van der Waals surface area contributed by atoms with E-state index in [0.29, 0.717) is 0 Å². The van der Waals surface area contributed by atoms with Crippen LogP contribution in [0.5, 0.6) is 0 Å². The van der Waals surface area contributed by atoms with E-state index >= 15 is 0 Å². The molecular formula is C6H13NO3S. The summed E-state index contributed by atoms with van der Waals surface area (Å²) in [5.41, 5.74) is 4.47. The summed E-state index contributed by atoms with van der Waals surface area (Å²) < 4.78 is 0. The van der Waals surface area contributed by atoms with E-state index in [1.54, 1.807) is 11.8 Å². The van der Waals surface area contributed by atoms with Crippen molar-refractivity contribution >= 4 is 23.6 Å². The predicted octanol–water partition coefficient (Wildman–Crippen LogP) is 0.316. The first-order valence-corrected chi connectivity index (χ1v) is 4.36. The zero-order chi connectivity index (χ0) is 9.28. The lowest BCUT2D eigenvalue weighted by atomic mass is 10.5. The van der Waals surface area contributed by atoms with Crippen molar-refractivity contribution in [2.75, 3.05) is 12.0 Å². The Kier molecular flexibility index (Phi) is 10.9. The van der Waals surface area contributed by atoms with Gasteiger partial charge < -0.3 is 10.8 Å². The van der Waals surface area contributed by atoms with Gasteiger partial charge >= 0.3 is 5.97 Å². The van der Waals surface area contributed by atoms with Crippen molar-refractivity contribution in [2.24, 2.45) is 5.73 Å². The molecule has 0 aromatic carbocycles. The van der Waals surface area contributed by atoms with Crippen LogP contribution in [0.4, 0.5) is 0 Å². The second kappa shape index (κ2) is 9.29. The van der Waals surface area contributed by atoms with Crippen molar-refractivity contribution in [1.82, 2.24) is 0 Å². The van der Waals surface area contributed by atoms with Gasteiger partial charge in [0.25, 0.3) is 0 Å². The summed E-state index contributed by atoms with van der Waals surface area (Å²) in [6.45, 7) is 1.31. The third-order valence-electron chi connectivity index (χ3n) is 0.520. The molecule has 0 spiro atoms. The molecule has 66 valence electrons. The largest absolute Gasteiger partial charge is 0.481 e. The molecule has 1 amide bonds. The lowest BCUT2D eigenvalue weighted by molar-refractivity contribution is -0.136. The van der Waals surface area contributed by atoms with Gasteiger partial charge in [0.15, 0.2) is 0 Å². The fourth-order valence-electron chi connectivity index (χ4n) is 0.189. The van der Waals surface area contributed by atoms with Gasteiger partial charge in [-0.05, 0) is 6.26 Å².